The summed E-state index contributed by atoms with van der Waals surface area (Å²) in [7, 11) is 0. The first-order valence-corrected chi connectivity index (χ1v) is 8.22. The fraction of sp³-hybridized carbons (Fsp3) is 0.278. The number of rotatable bonds is 3. The fourth-order valence-electron chi connectivity index (χ4n) is 3.28. The number of nitrogens with zero attached hydrogens (tertiary/aromatic N) is 3. The highest BCUT2D eigenvalue weighted by Gasteiger charge is 2.28. The van der Waals surface area contributed by atoms with E-state index in [4.69, 9.17) is 0 Å². The lowest BCUT2D eigenvalue weighted by Gasteiger charge is -2.16. The third kappa shape index (κ3) is 3.05. The summed E-state index contributed by atoms with van der Waals surface area (Å²) in [5, 5.41) is 4.12. The van der Waals surface area contributed by atoms with E-state index in [2.05, 4.69) is 20.3 Å². The van der Waals surface area contributed by atoms with Gasteiger partial charge in [-0.25, -0.2) is 14.4 Å². The molecule has 2 aromatic heterocycles. The van der Waals surface area contributed by atoms with Crippen molar-refractivity contribution in [2.24, 2.45) is 0 Å². The summed E-state index contributed by atoms with van der Waals surface area (Å²) in [4.78, 5) is 25.9. The van der Waals surface area contributed by atoms with Crippen molar-refractivity contribution < 1.29 is 9.18 Å². The van der Waals surface area contributed by atoms with Gasteiger partial charge < -0.3 is 15.2 Å². The number of fused-ring (bicyclic) bond motifs is 1. The van der Waals surface area contributed by atoms with Crippen molar-refractivity contribution in [2.45, 2.75) is 19.4 Å². The number of anilines is 1. The fourth-order valence-corrected chi connectivity index (χ4v) is 3.28. The highest BCUT2D eigenvalue weighted by Crippen LogP contribution is 2.23. The predicted octanol–water partition coefficient (Wildman–Crippen LogP) is 2.73. The molecule has 0 radical (unpaired) electrons. The summed E-state index contributed by atoms with van der Waals surface area (Å²) >= 11 is 0. The Hall–Kier alpha value is -2.96. The molecule has 2 N–H and O–H groups in total. The van der Waals surface area contributed by atoms with Crippen LogP contribution in [0.25, 0.3) is 10.9 Å². The van der Waals surface area contributed by atoms with Crippen LogP contribution in [0.15, 0.2) is 36.7 Å². The van der Waals surface area contributed by atoms with E-state index in [0.29, 0.717) is 30.2 Å². The summed E-state index contributed by atoms with van der Waals surface area (Å²) in [6.45, 7) is 3.08. The van der Waals surface area contributed by atoms with Gasteiger partial charge in [0.05, 0.1) is 0 Å². The number of carbonyl (C=O) groups is 1. The summed E-state index contributed by atoms with van der Waals surface area (Å²) in [5.74, 6) is 0.187. The van der Waals surface area contributed by atoms with Gasteiger partial charge in [-0.2, -0.15) is 0 Å². The normalized spacial score (nSPS) is 17.2. The molecule has 1 fully saturated rings. The van der Waals surface area contributed by atoms with Crippen LogP contribution in [-0.2, 0) is 0 Å². The van der Waals surface area contributed by atoms with Gasteiger partial charge in [0.15, 0.2) is 0 Å². The molecule has 1 atom stereocenters. The molecule has 0 bridgehead atoms. The first kappa shape index (κ1) is 15.6. The SMILES string of the molecule is Cc1cc(F)cc2[nH]c(C(=O)N3CC[C@H](Nc4ncccn4)C3)cc12. The van der Waals surface area contributed by atoms with E-state index in [1.807, 2.05) is 6.92 Å². The van der Waals surface area contributed by atoms with E-state index >= 15 is 0 Å². The van der Waals surface area contributed by atoms with E-state index in [1.54, 1.807) is 29.4 Å². The van der Waals surface area contributed by atoms with Gasteiger partial charge in [-0.1, -0.05) is 0 Å². The molecule has 1 saturated heterocycles. The van der Waals surface area contributed by atoms with Crippen LogP contribution < -0.4 is 5.32 Å². The smallest absolute Gasteiger partial charge is 0.270 e. The lowest BCUT2D eigenvalue weighted by atomic mass is 10.1. The van der Waals surface area contributed by atoms with Gasteiger partial charge in [0.1, 0.15) is 11.5 Å². The summed E-state index contributed by atoms with van der Waals surface area (Å²) < 4.78 is 13.5. The average molecular weight is 339 g/mol. The summed E-state index contributed by atoms with van der Waals surface area (Å²) in [6.07, 6.45) is 4.19. The molecule has 128 valence electrons. The quantitative estimate of drug-likeness (QED) is 0.769. The molecule has 0 saturated carbocycles. The Morgan fingerprint density at radius 1 is 1.32 bits per heavy atom. The number of benzene rings is 1. The molecular formula is C18H18FN5O. The molecule has 1 amide bonds. The van der Waals surface area contributed by atoms with Gasteiger partial charge >= 0.3 is 0 Å². The van der Waals surface area contributed by atoms with Crippen molar-refractivity contribution in [3.8, 4) is 0 Å². The van der Waals surface area contributed by atoms with Gasteiger partial charge in [-0.15, -0.1) is 0 Å². The molecule has 1 aliphatic heterocycles. The third-order valence-electron chi connectivity index (χ3n) is 4.51. The highest BCUT2D eigenvalue weighted by atomic mass is 19.1. The van der Waals surface area contributed by atoms with Crippen LogP contribution in [0.4, 0.5) is 10.3 Å². The van der Waals surface area contributed by atoms with Crippen LogP contribution in [-0.4, -0.2) is 44.9 Å². The summed E-state index contributed by atoms with van der Waals surface area (Å²) in [6, 6.07) is 6.57. The van der Waals surface area contributed by atoms with Crippen LogP contribution in [0.2, 0.25) is 0 Å². The second-order valence-electron chi connectivity index (χ2n) is 6.32. The lowest BCUT2D eigenvalue weighted by molar-refractivity contribution is 0.0786. The number of likely N-dealkylation sites (tertiary alicyclic amines) is 1. The molecule has 25 heavy (non-hydrogen) atoms. The van der Waals surface area contributed by atoms with Crippen molar-refractivity contribution in [1.29, 1.82) is 0 Å². The number of halogens is 1. The number of amides is 1. The van der Waals surface area contributed by atoms with Crippen molar-refractivity contribution in [3.05, 3.63) is 53.7 Å². The second-order valence-corrected chi connectivity index (χ2v) is 6.32. The van der Waals surface area contributed by atoms with Gasteiger partial charge in [-0.3, -0.25) is 4.79 Å². The van der Waals surface area contributed by atoms with Crippen LogP contribution in [0.5, 0.6) is 0 Å². The number of aryl methyl sites for hydroxylation is 1. The Kier molecular flexibility index (Phi) is 3.83. The maximum atomic E-state index is 13.5. The Labute approximate surface area is 144 Å². The standard InChI is InChI=1S/C18H18FN5O/c1-11-7-12(19)8-15-14(11)9-16(23-15)17(25)24-6-3-13(10-24)22-18-20-4-2-5-21-18/h2,4-5,7-9,13,23H,3,6,10H2,1H3,(H,20,21,22)/t13-/m0/s1. The molecule has 4 rings (SSSR count). The molecule has 6 nitrogen and oxygen atoms in total. The largest absolute Gasteiger partial charge is 0.350 e. The number of hydrogen-bond acceptors (Lipinski definition) is 4. The number of nitrogens with one attached hydrogen (secondary N) is 2. The monoisotopic (exact) mass is 339 g/mol. The van der Waals surface area contributed by atoms with Gasteiger partial charge in [0.25, 0.3) is 5.91 Å². The zero-order chi connectivity index (χ0) is 17.4. The minimum absolute atomic E-state index is 0.0747. The molecule has 0 spiro atoms. The average Bonchev–Trinajstić information content (AvgIpc) is 3.22. The van der Waals surface area contributed by atoms with Crippen molar-refractivity contribution in [3.63, 3.8) is 0 Å². The molecule has 3 aromatic rings. The second kappa shape index (κ2) is 6.16. The molecule has 0 unspecified atom stereocenters. The maximum absolute atomic E-state index is 13.5. The number of hydrogen-bond donors (Lipinski definition) is 2. The molecule has 0 aliphatic carbocycles. The zero-order valence-corrected chi connectivity index (χ0v) is 13.8. The zero-order valence-electron chi connectivity index (χ0n) is 13.8. The number of aromatic amines is 1. The van der Waals surface area contributed by atoms with Gasteiger partial charge in [0, 0.05) is 42.4 Å². The topological polar surface area (TPSA) is 73.9 Å². The first-order chi connectivity index (χ1) is 12.1. The van der Waals surface area contributed by atoms with E-state index in [1.165, 1.54) is 12.1 Å². The van der Waals surface area contributed by atoms with Crippen molar-refractivity contribution in [1.82, 2.24) is 19.9 Å². The lowest BCUT2D eigenvalue weighted by Crippen LogP contribution is -2.32. The number of H-pyrrole nitrogens is 1. The number of aromatic nitrogens is 3. The minimum atomic E-state index is -0.306. The van der Waals surface area contributed by atoms with Crippen molar-refractivity contribution >= 4 is 22.8 Å². The maximum Gasteiger partial charge on any atom is 0.270 e. The first-order valence-electron chi connectivity index (χ1n) is 8.22. The van der Waals surface area contributed by atoms with Gasteiger partial charge in [-0.05, 0) is 43.2 Å². The Morgan fingerprint density at radius 2 is 2.12 bits per heavy atom. The minimum Gasteiger partial charge on any atom is -0.350 e. The van der Waals surface area contributed by atoms with Crippen LogP contribution in [0, 0.1) is 12.7 Å². The summed E-state index contributed by atoms with van der Waals surface area (Å²) in [5.41, 5.74) is 1.94. The highest BCUT2D eigenvalue weighted by molar-refractivity contribution is 5.99. The van der Waals surface area contributed by atoms with Crippen molar-refractivity contribution in [2.75, 3.05) is 18.4 Å². The van der Waals surface area contributed by atoms with E-state index in [0.717, 1.165) is 17.4 Å². The predicted molar refractivity (Wildman–Crippen MR) is 93.0 cm³/mol. The van der Waals surface area contributed by atoms with E-state index in [-0.39, 0.29) is 17.8 Å². The van der Waals surface area contributed by atoms with E-state index in [9.17, 15) is 9.18 Å². The Morgan fingerprint density at radius 3 is 2.92 bits per heavy atom. The van der Waals surface area contributed by atoms with Crippen LogP contribution >= 0.6 is 0 Å². The number of carbonyl (C=O) groups excluding carboxylic acids is 1. The molecular weight excluding hydrogens is 321 g/mol. The molecule has 1 aromatic carbocycles. The molecule has 3 heterocycles. The van der Waals surface area contributed by atoms with Gasteiger partial charge in [0.2, 0.25) is 5.95 Å². The Balaban J connectivity index is 1.49. The molecule has 1 aliphatic rings. The van der Waals surface area contributed by atoms with Crippen LogP contribution in [0.1, 0.15) is 22.5 Å². The van der Waals surface area contributed by atoms with Crippen LogP contribution in [0.3, 0.4) is 0 Å². The third-order valence-corrected chi connectivity index (χ3v) is 4.51. The Bertz CT molecular complexity index is 924. The molecule has 7 heteroatoms. The van der Waals surface area contributed by atoms with E-state index < -0.39 is 0 Å².